The van der Waals surface area contributed by atoms with E-state index in [2.05, 4.69) is 18.8 Å². The Morgan fingerprint density at radius 1 is 1.38 bits per heavy atom. The average molecular weight is 296 g/mol. The minimum absolute atomic E-state index is 0.297. The molecule has 120 valence electrons. The molecule has 0 radical (unpaired) electrons. The Morgan fingerprint density at radius 2 is 2.00 bits per heavy atom. The van der Waals surface area contributed by atoms with Crippen LogP contribution in [0.15, 0.2) is 12.7 Å². The molecule has 0 bridgehead atoms. The molecule has 0 aromatic rings. The number of carbonyl (C=O) groups is 2. The van der Waals surface area contributed by atoms with Gasteiger partial charge in [0, 0.05) is 13.1 Å². The average Bonchev–Trinajstić information content (AvgIpc) is 2.47. The Hall–Kier alpha value is -1.52. The summed E-state index contributed by atoms with van der Waals surface area (Å²) in [6.07, 6.45) is 6.32. The summed E-state index contributed by atoms with van der Waals surface area (Å²) in [7, 11) is 0. The quantitative estimate of drug-likeness (QED) is 0.709. The first-order chi connectivity index (χ1) is 9.99. The van der Waals surface area contributed by atoms with Crippen molar-refractivity contribution in [2.75, 3.05) is 13.1 Å². The van der Waals surface area contributed by atoms with Gasteiger partial charge in [-0.05, 0) is 38.0 Å². The van der Waals surface area contributed by atoms with E-state index in [1.807, 2.05) is 6.92 Å². The highest BCUT2D eigenvalue weighted by atomic mass is 16.4. The molecule has 2 N–H and O–H groups in total. The number of urea groups is 1. The van der Waals surface area contributed by atoms with Crippen molar-refractivity contribution in [3.63, 3.8) is 0 Å². The van der Waals surface area contributed by atoms with Gasteiger partial charge in [-0.1, -0.05) is 26.3 Å². The van der Waals surface area contributed by atoms with E-state index in [1.54, 1.807) is 11.0 Å². The van der Waals surface area contributed by atoms with E-state index < -0.39 is 11.5 Å². The number of amides is 2. The van der Waals surface area contributed by atoms with Crippen molar-refractivity contribution in [1.82, 2.24) is 10.2 Å². The van der Waals surface area contributed by atoms with Crippen LogP contribution in [-0.2, 0) is 4.79 Å². The molecule has 1 fully saturated rings. The van der Waals surface area contributed by atoms with Crippen LogP contribution in [-0.4, -0.2) is 40.6 Å². The zero-order valence-corrected chi connectivity index (χ0v) is 13.2. The number of aliphatic carboxylic acids is 1. The fourth-order valence-electron chi connectivity index (χ4n) is 2.96. The summed E-state index contributed by atoms with van der Waals surface area (Å²) < 4.78 is 0. The molecular weight excluding hydrogens is 268 g/mol. The van der Waals surface area contributed by atoms with E-state index in [9.17, 15) is 14.7 Å². The van der Waals surface area contributed by atoms with Crippen molar-refractivity contribution >= 4 is 12.0 Å². The van der Waals surface area contributed by atoms with Crippen molar-refractivity contribution in [3.05, 3.63) is 12.7 Å². The molecule has 0 saturated heterocycles. The van der Waals surface area contributed by atoms with E-state index in [4.69, 9.17) is 0 Å². The van der Waals surface area contributed by atoms with Gasteiger partial charge >= 0.3 is 12.0 Å². The zero-order valence-electron chi connectivity index (χ0n) is 13.2. The molecule has 0 aromatic heterocycles. The minimum Gasteiger partial charge on any atom is -0.480 e. The summed E-state index contributed by atoms with van der Waals surface area (Å²) in [5.74, 6) is -0.338. The standard InChI is InChI=1S/C16H28N2O3/c1-4-11-18(12-5-2)15(21)17-16(14(19)20)9-7-13(6-3)8-10-16/h4,13H,1,5-12H2,2-3H3,(H,17,21)(H,19,20). The number of carboxylic acids is 1. The van der Waals surface area contributed by atoms with Crippen molar-refractivity contribution in [1.29, 1.82) is 0 Å². The van der Waals surface area contributed by atoms with E-state index in [1.165, 1.54) is 0 Å². The highest BCUT2D eigenvalue weighted by molar-refractivity contribution is 5.86. The molecule has 0 aromatic carbocycles. The van der Waals surface area contributed by atoms with E-state index in [0.717, 1.165) is 25.7 Å². The Bertz CT molecular complexity index is 374. The maximum atomic E-state index is 12.4. The predicted molar refractivity (Wildman–Crippen MR) is 83.2 cm³/mol. The van der Waals surface area contributed by atoms with E-state index in [-0.39, 0.29) is 6.03 Å². The van der Waals surface area contributed by atoms with Gasteiger partial charge in [0.05, 0.1) is 0 Å². The van der Waals surface area contributed by atoms with Crippen LogP contribution < -0.4 is 5.32 Å². The molecule has 0 atom stereocenters. The fourth-order valence-corrected chi connectivity index (χ4v) is 2.96. The van der Waals surface area contributed by atoms with Gasteiger partial charge < -0.3 is 15.3 Å². The van der Waals surface area contributed by atoms with Gasteiger partial charge in [-0.25, -0.2) is 9.59 Å². The lowest BCUT2D eigenvalue weighted by molar-refractivity contribution is -0.146. The molecular formula is C16H28N2O3. The number of carbonyl (C=O) groups excluding carboxylic acids is 1. The van der Waals surface area contributed by atoms with Crippen LogP contribution in [0.2, 0.25) is 0 Å². The lowest BCUT2D eigenvalue weighted by atomic mass is 9.75. The second-order valence-electron chi connectivity index (χ2n) is 5.90. The first-order valence-corrected chi connectivity index (χ1v) is 7.90. The number of hydrogen-bond donors (Lipinski definition) is 2. The Kier molecular flexibility index (Phi) is 6.72. The van der Waals surface area contributed by atoms with Gasteiger partial charge in [0.15, 0.2) is 0 Å². The molecule has 1 aliphatic rings. The predicted octanol–water partition coefficient (Wildman–Crippen LogP) is 3.02. The molecule has 1 aliphatic carbocycles. The fraction of sp³-hybridized carbons (Fsp3) is 0.750. The first kappa shape index (κ1) is 17.5. The summed E-state index contributed by atoms with van der Waals surface area (Å²) in [5, 5.41) is 12.4. The number of rotatable bonds is 7. The third-order valence-corrected chi connectivity index (χ3v) is 4.42. The summed E-state index contributed by atoms with van der Waals surface area (Å²) in [4.78, 5) is 25.7. The molecule has 0 spiro atoms. The number of nitrogens with one attached hydrogen (secondary N) is 1. The highest BCUT2D eigenvalue weighted by Crippen LogP contribution is 2.34. The molecule has 1 saturated carbocycles. The van der Waals surface area contributed by atoms with Gasteiger partial charge in [0.1, 0.15) is 5.54 Å². The molecule has 5 heteroatoms. The van der Waals surface area contributed by atoms with Gasteiger partial charge in [0.2, 0.25) is 0 Å². The van der Waals surface area contributed by atoms with E-state index >= 15 is 0 Å². The monoisotopic (exact) mass is 296 g/mol. The first-order valence-electron chi connectivity index (χ1n) is 7.90. The molecule has 21 heavy (non-hydrogen) atoms. The number of hydrogen-bond acceptors (Lipinski definition) is 2. The van der Waals surface area contributed by atoms with Gasteiger partial charge in [0.25, 0.3) is 0 Å². The Labute approximate surface area is 127 Å². The number of nitrogens with zero attached hydrogens (tertiary/aromatic N) is 1. The Morgan fingerprint density at radius 3 is 2.43 bits per heavy atom. The second-order valence-corrected chi connectivity index (χ2v) is 5.90. The summed E-state index contributed by atoms with van der Waals surface area (Å²) in [6.45, 7) is 8.81. The van der Waals surface area contributed by atoms with Crippen LogP contribution >= 0.6 is 0 Å². The summed E-state index contributed by atoms with van der Waals surface area (Å²) >= 11 is 0. The molecule has 5 nitrogen and oxygen atoms in total. The molecule has 1 rings (SSSR count). The van der Waals surface area contributed by atoms with Crippen LogP contribution in [0.4, 0.5) is 4.79 Å². The summed E-state index contributed by atoms with van der Waals surface area (Å²) in [6, 6.07) is -0.297. The third kappa shape index (κ3) is 4.48. The lowest BCUT2D eigenvalue weighted by Gasteiger charge is -2.38. The van der Waals surface area contributed by atoms with Gasteiger partial charge in [-0.3, -0.25) is 0 Å². The van der Waals surface area contributed by atoms with Crippen molar-refractivity contribution in [2.24, 2.45) is 5.92 Å². The SMILES string of the molecule is C=CCN(CCC)C(=O)NC1(C(=O)O)CCC(CC)CC1. The zero-order chi connectivity index (χ0) is 15.9. The number of carboxylic acid groups (broad SMARTS) is 1. The molecule has 0 unspecified atom stereocenters. The molecule has 0 aliphatic heterocycles. The van der Waals surface area contributed by atoms with Crippen LogP contribution in [0.1, 0.15) is 52.4 Å². The van der Waals surface area contributed by atoms with E-state index in [0.29, 0.717) is 31.8 Å². The van der Waals surface area contributed by atoms with Gasteiger partial charge in [-0.15, -0.1) is 6.58 Å². The molecule has 2 amide bonds. The van der Waals surface area contributed by atoms with Crippen molar-refractivity contribution in [3.8, 4) is 0 Å². The van der Waals surface area contributed by atoms with Crippen LogP contribution in [0.5, 0.6) is 0 Å². The third-order valence-electron chi connectivity index (χ3n) is 4.42. The maximum absolute atomic E-state index is 12.4. The topological polar surface area (TPSA) is 69.6 Å². The van der Waals surface area contributed by atoms with Crippen LogP contribution in [0, 0.1) is 5.92 Å². The smallest absolute Gasteiger partial charge is 0.329 e. The largest absolute Gasteiger partial charge is 0.480 e. The normalized spacial score (nSPS) is 25.1. The van der Waals surface area contributed by atoms with Crippen LogP contribution in [0.3, 0.4) is 0 Å². The highest BCUT2D eigenvalue weighted by Gasteiger charge is 2.43. The van der Waals surface area contributed by atoms with Crippen molar-refractivity contribution in [2.45, 2.75) is 57.9 Å². The maximum Gasteiger partial charge on any atom is 0.329 e. The Balaban J connectivity index is 2.76. The van der Waals surface area contributed by atoms with Crippen LogP contribution in [0.25, 0.3) is 0 Å². The molecule has 0 heterocycles. The second kappa shape index (κ2) is 8.05. The lowest BCUT2D eigenvalue weighted by Crippen LogP contribution is -2.59. The summed E-state index contributed by atoms with van der Waals surface area (Å²) in [5.41, 5.74) is -1.10. The van der Waals surface area contributed by atoms with Gasteiger partial charge in [-0.2, -0.15) is 0 Å². The minimum atomic E-state index is -1.10. The van der Waals surface area contributed by atoms with Crippen molar-refractivity contribution < 1.29 is 14.7 Å².